The zero-order chi connectivity index (χ0) is 14.4. The lowest BCUT2D eigenvalue weighted by atomic mass is 10.1. The highest BCUT2D eigenvalue weighted by molar-refractivity contribution is 5.28. The summed E-state index contributed by atoms with van der Waals surface area (Å²) in [5.74, 6) is 0.973. The average molecular weight is 276 g/mol. The fourth-order valence-electron chi connectivity index (χ4n) is 2.34. The van der Waals surface area contributed by atoms with E-state index in [-0.39, 0.29) is 0 Å². The molecule has 1 atom stereocenters. The van der Waals surface area contributed by atoms with Gasteiger partial charge in [-0.3, -0.25) is 0 Å². The van der Waals surface area contributed by atoms with E-state index in [1.165, 1.54) is 24.8 Å². The molecule has 0 aliphatic heterocycles. The van der Waals surface area contributed by atoms with Crippen molar-refractivity contribution in [3.8, 4) is 5.75 Å². The summed E-state index contributed by atoms with van der Waals surface area (Å²) in [5, 5.41) is 3.50. The smallest absolute Gasteiger partial charge is 0.119 e. The Morgan fingerprint density at radius 3 is 2.60 bits per heavy atom. The third-order valence-electron chi connectivity index (χ3n) is 3.96. The zero-order valence-electron chi connectivity index (χ0n) is 13.1. The van der Waals surface area contributed by atoms with Gasteiger partial charge in [-0.1, -0.05) is 19.1 Å². The van der Waals surface area contributed by atoms with Crippen LogP contribution in [0.4, 0.5) is 0 Å². The van der Waals surface area contributed by atoms with Crippen molar-refractivity contribution in [2.45, 2.75) is 45.2 Å². The number of nitrogens with zero attached hydrogens (tertiary/aromatic N) is 1. The van der Waals surface area contributed by atoms with Crippen LogP contribution in [0.2, 0.25) is 0 Å². The van der Waals surface area contributed by atoms with Crippen LogP contribution in [-0.2, 0) is 0 Å². The standard InChI is InChI=1S/C17H28N2O/c1-4-11-18-14(2)15-5-9-17(10-6-15)20-13-12-19(3)16-7-8-16/h5-6,9-10,14,16,18H,4,7-8,11-13H2,1-3H3. The van der Waals surface area contributed by atoms with Crippen molar-refractivity contribution in [2.24, 2.45) is 0 Å². The number of nitrogens with one attached hydrogen (secondary N) is 1. The number of hydrogen-bond acceptors (Lipinski definition) is 3. The van der Waals surface area contributed by atoms with Gasteiger partial charge in [-0.15, -0.1) is 0 Å². The number of ether oxygens (including phenoxy) is 1. The minimum absolute atomic E-state index is 0.407. The molecule has 20 heavy (non-hydrogen) atoms. The molecule has 112 valence electrons. The van der Waals surface area contributed by atoms with E-state index in [0.717, 1.165) is 31.5 Å². The summed E-state index contributed by atoms with van der Waals surface area (Å²) in [6, 6.07) is 9.70. The second kappa shape index (κ2) is 7.65. The van der Waals surface area contributed by atoms with Gasteiger partial charge in [-0.05, 0) is 57.5 Å². The molecule has 1 aromatic rings. The lowest BCUT2D eigenvalue weighted by molar-refractivity contribution is 0.232. The minimum atomic E-state index is 0.407. The van der Waals surface area contributed by atoms with Crippen LogP contribution in [-0.4, -0.2) is 37.7 Å². The van der Waals surface area contributed by atoms with Crippen LogP contribution in [0.1, 0.15) is 44.7 Å². The van der Waals surface area contributed by atoms with Crippen molar-refractivity contribution in [2.75, 3.05) is 26.7 Å². The summed E-state index contributed by atoms with van der Waals surface area (Å²) in [7, 11) is 2.19. The second-order valence-corrected chi connectivity index (χ2v) is 5.81. The first-order valence-corrected chi connectivity index (χ1v) is 7.87. The molecule has 1 fully saturated rings. The molecule has 0 heterocycles. The van der Waals surface area contributed by atoms with E-state index in [1.807, 2.05) is 0 Å². The first-order chi connectivity index (χ1) is 9.70. The topological polar surface area (TPSA) is 24.5 Å². The Balaban J connectivity index is 1.72. The van der Waals surface area contributed by atoms with Crippen LogP contribution in [0.25, 0.3) is 0 Å². The lowest BCUT2D eigenvalue weighted by Crippen LogP contribution is -2.26. The lowest BCUT2D eigenvalue weighted by Gasteiger charge is -2.17. The maximum atomic E-state index is 5.81. The van der Waals surface area contributed by atoms with Crippen molar-refractivity contribution < 1.29 is 4.74 Å². The Bertz CT molecular complexity index is 386. The largest absolute Gasteiger partial charge is 0.492 e. The van der Waals surface area contributed by atoms with Crippen LogP contribution >= 0.6 is 0 Å². The van der Waals surface area contributed by atoms with Gasteiger partial charge in [0.25, 0.3) is 0 Å². The second-order valence-electron chi connectivity index (χ2n) is 5.81. The summed E-state index contributed by atoms with van der Waals surface area (Å²) >= 11 is 0. The van der Waals surface area contributed by atoms with E-state index in [2.05, 4.69) is 55.4 Å². The zero-order valence-corrected chi connectivity index (χ0v) is 13.1. The Labute approximate surface area is 123 Å². The normalized spacial score (nSPS) is 16.4. The molecule has 1 saturated carbocycles. The molecule has 0 saturated heterocycles. The Kier molecular flexibility index (Phi) is 5.86. The van der Waals surface area contributed by atoms with Crippen LogP contribution in [0, 0.1) is 0 Å². The van der Waals surface area contributed by atoms with E-state index < -0.39 is 0 Å². The Morgan fingerprint density at radius 2 is 2.00 bits per heavy atom. The number of hydrogen-bond donors (Lipinski definition) is 1. The van der Waals surface area contributed by atoms with Crippen molar-refractivity contribution in [1.29, 1.82) is 0 Å². The molecule has 1 aromatic carbocycles. The molecule has 1 unspecified atom stereocenters. The van der Waals surface area contributed by atoms with Gasteiger partial charge in [0.05, 0.1) is 0 Å². The summed E-state index contributed by atoms with van der Waals surface area (Å²) in [5.41, 5.74) is 1.32. The molecule has 1 N–H and O–H groups in total. The molecular formula is C17H28N2O. The van der Waals surface area contributed by atoms with E-state index in [0.29, 0.717) is 6.04 Å². The summed E-state index contributed by atoms with van der Waals surface area (Å²) in [4.78, 5) is 2.39. The van der Waals surface area contributed by atoms with E-state index in [9.17, 15) is 0 Å². The fourth-order valence-corrected chi connectivity index (χ4v) is 2.34. The molecule has 3 heteroatoms. The quantitative estimate of drug-likeness (QED) is 0.749. The average Bonchev–Trinajstić information content (AvgIpc) is 3.30. The predicted octanol–water partition coefficient (Wildman–Crippen LogP) is 3.22. The monoisotopic (exact) mass is 276 g/mol. The van der Waals surface area contributed by atoms with Gasteiger partial charge < -0.3 is 15.0 Å². The van der Waals surface area contributed by atoms with E-state index in [1.54, 1.807) is 0 Å². The number of benzene rings is 1. The fraction of sp³-hybridized carbons (Fsp3) is 0.647. The van der Waals surface area contributed by atoms with Crippen molar-refractivity contribution >= 4 is 0 Å². The third kappa shape index (κ3) is 4.80. The molecule has 1 aliphatic carbocycles. The van der Waals surface area contributed by atoms with Gasteiger partial charge in [0, 0.05) is 18.6 Å². The molecule has 3 nitrogen and oxygen atoms in total. The van der Waals surface area contributed by atoms with Crippen LogP contribution in [0.5, 0.6) is 5.75 Å². The maximum absolute atomic E-state index is 5.81. The van der Waals surface area contributed by atoms with Gasteiger partial charge in [-0.25, -0.2) is 0 Å². The SMILES string of the molecule is CCCNC(C)c1ccc(OCCN(C)C2CC2)cc1. The minimum Gasteiger partial charge on any atom is -0.492 e. The maximum Gasteiger partial charge on any atom is 0.119 e. The van der Waals surface area contributed by atoms with Crippen molar-refractivity contribution in [3.63, 3.8) is 0 Å². The Morgan fingerprint density at radius 1 is 1.30 bits per heavy atom. The van der Waals surface area contributed by atoms with Crippen molar-refractivity contribution in [1.82, 2.24) is 10.2 Å². The van der Waals surface area contributed by atoms with Crippen molar-refractivity contribution in [3.05, 3.63) is 29.8 Å². The molecule has 0 amide bonds. The van der Waals surface area contributed by atoms with Gasteiger partial charge in [0.2, 0.25) is 0 Å². The van der Waals surface area contributed by atoms with E-state index >= 15 is 0 Å². The molecule has 0 radical (unpaired) electrons. The highest BCUT2D eigenvalue weighted by Crippen LogP contribution is 2.25. The summed E-state index contributed by atoms with van der Waals surface area (Å²) in [6.45, 7) is 7.25. The molecule has 2 rings (SSSR count). The van der Waals surface area contributed by atoms with Gasteiger partial charge in [0.15, 0.2) is 0 Å². The van der Waals surface area contributed by atoms with Crippen LogP contribution in [0.15, 0.2) is 24.3 Å². The molecule has 0 aromatic heterocycles. The Hall–Kier alpha value is -1.06. The number of likely N-dealkylation sites (N-methyl/N-ethyl adjacent to an activating group) is 1. The molecule has 1 aliphatic rings. The summed E-state index contributed by atoms with van der Waals surface area (Å²) < 4.78 is 5.81. The first kappa shape index (κ1) is 15.3. The highest BCUT2D eigenvalue weighted by atomic mass is 16.5. The van der Waals surface area contributed by atoms with E-state index in [4.69, 9.17) is 4.74 Å². The predicted molar refractivity (Wildman–Crippen MR) is 84.3 cm³/mol. The van der Waals surface area contributed by atoms with Crippen LogP contribution in [0.3, 0.4) is 0 Å². The van der Waals surface area contributed by atoms with Crippen LogP contribution < -0.4 is 10.1 Å². The van der Waals surface area contributed by atoms with Gasteiger partial charge >= 0.3 is 0 Å². The molecule has 0 spiro atoms. The molecule has 0 bridgehead atoms. The highest BCUT2D eigenvalue weighted by Gasteiger charge is 2.25. The summed E-state index contributed by atoms with van der Waals surface area (Å²) in [6.07, 6.45) is 3.88. The van der Waals surface area contributed by atoms with Gasteiger partial charge in [-0.2, -0.15) is 0 Å². The first-order valence-electron chi connectivity index (χ1n) is 7.87. The number of rotatable bonds is 9. The third-order valence-corrected chi connectivity index (χ3v) is 3.96. The van der Waals surface area contributed by atoms with Gasteiger partial charge in [0.1, 0.15) is 12.4 Å². The molecular weight excluding hydrogens is 248 g/mol.